The summed E-state index contributed by atoms with van der Waals surface area (Å²) in [4.78, 5) is 0. The van der Waals surface area contributed by atoms with Crippen molar-refractivity contribution in [3.63, 3.8) is 0 Å². The first-order chi connectivity index (χ1) is 11.4. The Labute approximate surface area is 147 Å². The summed E-state index contributed by atoms with van der Waals surface area (Å²) < 4.78 is 38.7. The molecule has 2 nitrogen and oxygen atoms in total. The van der Waals surface area contributed by atoms with Gasteiger partial charge in [0.25, 0.3) is 0 Å². The molecule has 1 aliphatic heterocycles. The average molecular weight is 319 g/mol. The second-order valence-electron chi connectivity index (χ2n) is 9.63. The number of benzene rings is 1. The maximum atomic E-state index is 8.81. The summed E-state index contributed by atoms with van der Waals surface area (Å²) in [5.74, 6) is 0. The minimum absolute atomic E-state index is 0.194. The summed E-state index contributed by atoms with van der Waals surface area (Å²) in [7, 11) is -0.775. The van der Waals surface area contributed by atoms with Gasteiger partial charge in [-0.05, 0) is 55.1 Å². The fraction of sp³-hybridized carbons (Fsp3) is 0.700. The van der Waals surface area contributed by atoms with E-state index >= 15 is 0 Å². The van der Waals surface area contributed by atoms with Gasteiger partial charge in [-0.1, -0.05) is 59.7 Å². The van der Waals surface area contributed by atoms with Gasteiger partial charge in [0, 0.05) is 0 Å². The van der Waals surface area contributed by atoms with Crippen molar-refractivity contribution < 1.29 is 13.4 Å². The minimum atomic E-state index is -0.775. The van der Waals surface area contributed by atoms with Crippen LogP contribution in [0.15, 0.2) is 18.1 Å². The Morgan fingerprint density at radius 3 is 1.43 bits per heavy atom. The van der Waals surface area contributed by atoms with Crippen molar-refractivity contribution in [1.29, 1.82) is 0 Å². The normalized spacial score (nSPS) is 22.7. The summed E-state index contributed by atoms with van der Waals surface area (Å²) in [6, 6.07) is 0.679. The second kappa shape index (κ2) is 5.36. The summed E-state index contributed by atoms with van der Waals surface area (Å²) >= 11 is 0. The molecule has 0 amide bonds. The Bertz CT molecular complexity index is 671. The molecule has 1 aromatic carbocycles. The van der Waals surface area contributed by atoms with Gasteiger partial charge >= 0.3 is 7.12 Å². The van der Waals surface area contributed by atoms with Crippen molar-refractivity contribution in [1.82, 2.24) is 0 Å². The molecule has 2 rings (SSSR count). The molecule has 0 atom stereocenters. The van der Waals surface area contributed by atoms with Crippen molar-refractivity contribution in [2.24, 2.45) is 0 Å². The van der Waals surface area contributed by atoms with Crippen LogP contribution in [0.4, 0.5) is 0 Å². The molecule has 0 radical (unpaired) electrons. The van der Waals surface area contributed by atoms with Crippen molar-refractivity contribution in [3.05, 3.63) is 29.3 Å². The predicted octanol–water partition coefficient (Wildman–Crippen LogP) is 4.58. The molecular formula is C20H33BO2. The van der Waals surface area contributed by atoms with Crippen LogP contribution in [0.2, 0.25) is 0 Å². The van der Waals surface area contributed by atoms with E-state index in [0.717, 1.165) is 0 Å². The molecule has 128 valence electrons. The van der Waals surface area contributed by atoms with Crippen LogP contribution in [0.3, 0.4) is 0 Å². The topological polar surface area (TPSA) is 18.5 Å². The van der Waals surface area contributed by atoms with Gasteiger partial charge in [0.2, 0.25) is 0 Å². The second-order valence-corrected chi connectivity index (χ2v) is 9.63. The van der Waals surface area contributed by atoms with Crippen molar-refractivity contribution in [2.75, 3.05) is 0 Å². The minimum Gasteiger partial charge on any atom is -0.399 e. The Kier molecular flexibility index (Phi) is 3.39. The molecule has 1 fully saturated rings. The van der Waals surface area contributed by atoms with Crippen LogP contribution in [0.1, 0.15) is 84.5 Å². The first-order valence-electron chi connectivity index (χ1n) is 9.92. The first kappa shape index (κ1) is 14.5. The highest BCUT2D eigenvalue weighted by atomic mass is 16.7. The molecule has 3 heteroatoms. The molecule has 0 aliphatic carbocycles. The van der Waals surface area contributed by atoms with Gasteiger partial charge in [-0.25, -0.2) is 0 Å². The summed E-state index contributed by atoms with van der Waals surface area (Å²) in [5, 5.41) is 0. The largest absolute Gasteiger partial charge is 0.494 e. The molecule has 0 bridgehead atoms. The third-order valence-corrected chi connectivity index (χ3v) is 4.76. The van der Waals surface area contributed by atoms with Crippen molar-refractivity contribution in [2.45, 2.75) is 91.3 Å². The van der Waals surface area contributed by atoms with Crippen LogP contribution in [-0.2, 0) is 20.1 Å². The Morgan fingerprint density at radius 2 is 1.13 bits per heavy atom. The Morgan fingerprint density at radius 1 is 0.783 bits per heavy atom. The fourth-order valence-corrected chi connectivity index (χ4v) is 2.32. The lowest BCUT2D eigenvalue weighted by atomic mass is 9.71. The molecule has 1 aromatic rings. The lowest BCUT2D eigenvalue weighted by Gasteiger charge is -2.32. The highest BCUT2D eigenvalue weighted by Crippen LogP contribution is 2.37. The molecule has 1 saturated heterocycles. The summed E-state index contributed by atoms with van der Waals surface area (Å²) in [6.07, 6.45) is 0. The van der Waals surface area contributed by atoms with E-state index in [1.54, 1.807) is 0 Å². The van der Waals surface area contributed by atoms with E-state index < -0.39 is 18.3 Å². The van der Waals surface area contributed by atoms with Gasteiger partial charge < -0.3 is 9.31 Å². The van der Waals surface area contributed by atoms with E-state index in [1.807, 2.05) is 69.2 Å². The van der Waals surface area contributed by atoms with Crippen LogP contribution in [0.5, 0.6) is 0 Å². The molecule has 0 N–H and O–H groups in total. The van der Waals surface area contributed by atoms with Crippen molar-refractivity contribution >= 4 is 12.6 Å². The van der Waals surface area contributed by atoms with Crippen LogP contribution in [0.25, 0.3) is 0 Å². The Hall–Kier alpha value is -0.795. The van der Waals surface area contributed by atoms with E-state index in [2.05, 4.69) is 0 Å². The van der Waals surface area contributed by atoms with Crippen LogP contribution in [0, 0.1) is 0 Å². The number of hydrogen-bond acceptors (Lipinski definition) is 2. The maximum absolute atomic E-state index is 8.81. The van der Waals surface area contributed by atoms with E-state index in [0.29, 0.717) is 22.6 Å². The SMILES string of the molecule is [2H]c1c(B2OC(C)(C)C(C)(C)O2)c([2H])c(C(C)(C)C)c([2H])c1C(C)(C)C. The van der Waals surface area contributed by atoms with Gasteiger partial charge in [-0.3, -0.25) is 0 Å². The summed E-state index contributed by atoms with van der Waals surface area (Å²) in [5.41, 5.74) is -0.138. The van der Waals surface area contributed by atoms with Crippen molar-refractivity contribution in [3.8, 4) is 0 Å². The zero-order valence-electron chi connectivity index (χ0n) is 19.4. The highest BCUT2D eigenvalue weighted by Gasteiger charge is 2.51. The lowest BCUT2D eigenvalue weighted by molar-refractivity contribution is 0.00578. The van der Waals surface area contributed by atoms with Crippen LogP contribution < -0.4 is 5.46 Å². The first-order valence-corrected chi connectivity index (χ1v) is 8.42. The molecule has 0 saturated carbocycles. The van der Waals surface area contributed by atoms with Gasteiger partial charge in [-0.15, -0.1) is 0 Å². The van der Waals surface area contributed by atoms with Gasteiger partial charge in [0.05, 0.1) is 15.3 Å². The van der Waals surface area contributed by atoms with E-state index in [-0.39, 0.29) is 22.9 Å². The molecular weight excluding hydrogens is 283 g/mol. The third kappa shape index (κ3) is 3.66. The predicted molar refractivity (Wildman–Crippen MR) is 99.6 cm³/mol. The number of rotatable bonds is 1. The van der Waals surface area contributed by atoms with E-state index in [9.17, 15) is 0 Å². The fourth-order valence-electron chi connectivity index (χ4n) is 2.32. The molecule has 0 unspecified atom stereocenters. The lowest BCUT2D eigenvalue weighted by Crippen LogP contribution is -2.41. The zero-order valence-corrected chi connectivity index (χ0v) is 16.4. The molecule has 0 aromatic heterocycles. The standard InChI is InChI=1S/C20H33BO2/c1-17(2,3)14-11-15(18(4,5)6)13-16(12-14)21-22-19(7,8)20(9,10)23-21/h11-13H,1-10H3/i11D,12D,13D. The molecule has 23 heavy (non-hydrogen) atoms. The third-order valence-electron chi connectivity index (χ3n) is 4.76. The quantitative estimate of drug-likeness (QED) is 0.705. The summed E-state index contributed by atoms with van der Waals surface area (Å²) in [6.45, 7) is 19.9. The monoisotopic (exact) mass is 319 g/mol. The van der Waals surface area contributed by atoms with Crippen LogP contribution >= 0.6 is 0 Å². The van der Waals surface area contributed by atoms with E-state index in [1.165, 1.54) is 0 Å². The molecule has 1 heterocycles. The maximum Gasteiger partial charge on any atom is 0.494 e. The number of hydrogen-bond donors (Lipinski definition) is 0. The van der Waals surface area contributed by atoms with Gasteiger partial charge in [-0.2, -0.15) is 0 Å². The average Bonchev–Trinajstić information content (AvgIpc) is 2.53. The molecule has 1 aliphatic rings. The highest BCUT2D eigenvalue weighted by molar-refractivity contribution is 6.62. The van der Waals surface area contributed by atoms with Gasteiger partial charge in [0.1, 0.15) is 0 Å². The Balaban J connectivity index is 2.83. The smallest absolute Gasteiger partial charge is 0.399 e. The van der Waals surface area contributed by atoms with E-state index in [4.69, 9.17) is 13.4 Å². The zero-order chi connectivity index (χ0) is 20.5. The van der Waals surface area contributed by atoms with Gasteiger partial charge in [0.15, 0.2) is 0 Å². The molecule has 0 spiro atoms. The van der Waals surface area contributed by atoms with Crippen LogP contribution in [-0.4, -0.2) is 18.3 Å².